The molecule has 2 aliphatic rings. The third-order valence-corrected chi connectivity index (χ3v) is 4.89. The first-order valence-corrected chi connectivity index (χ1v) is 7.18. The highest BCUT2D eigenvalue weighted by molar-refractivity contribution is 9.10. The second kappa shape index (κ2) is 4.65. The smallest absolute Gasteiger partial charge is 0.252 e. The summed E-state index contributed by atoms with van der Waals surface area (Å²) in [5.41, 5.74) is 0.513. The molecule has 1 aromatic carbocycles. The number of amides is 1. The normalized spacial score (nSPS) is 29.6. The van der Waals surface area contributed by atoms with Gasteiger partial charge in [0.2, 0.25) is 0 Å². The second-order valence-corrected chi connectivity index (χ2v) is 6.23. The molecule has 0 spiro atoms. The lowest BCUT2D eigenvalue weighted by atomic mass is 9.95. The van der Waals surface area contributed by atoms with Crippen molar-refractivity contribution >= 4 is 21.8 Å². The third-order valence-electron chi connectivity index (χ3n) is 4.23. The maximum Gasteiger partial charge on any atom is 0.252 e. The van der Waals surface area contributed by atoms with Crippen LogP contribution >= 0.6 is 15.9 Å². The van der Waals surface area contributed by atoms with E-state index in [9.17, 15) is 9.18 Å². The van der Waals surface area contributed by atoms with Gasteiger partial charge in [0.25, 0.3) is 5.91 Å². The molecule has 4 heteroatoms. The average Bonchev–Trinajstić information content (AvgIpc) is 2.90. The molecule has 3 atom stereocenters. The maximum atomic E-state index is 13.0. The summed E-state index contributed by atoms with van der Waals surface area (Å²) in [6, 6.07) is 4.49. The molecule has 1 amide bonds. The van der Waals surface area contributed by atoms with Gasteiger partial charge < -0.3 is 5.32 Å². The van der Waals surface area contributed by atoms with E-state index in [1.165, 1.54) is 37.5 Å². The zero-order valence-corrected chi connectivity index (χ0v) is 11.5. The topological polar surface area (TPSA) is 29.1 Å². The number of carbonyl (C=O) groups excluding carboxylic acids is 1. The predicted molar refractivity (Wildman–Crippen MR) is 70.8 cm³/mol. The van der Waals surface area contributed by atoms with E-state index in [-0.39, 0.29) is 11.7 Å². The molecular weight excluding hydrogens is 297 g/mol. The van der Waals surface area contributed by atoms with E-state index >= 15 is 0 Å². The predicted octanol–water partition coefficient (Wildman–Crippen LogP) is 3.51. The summed E-state index contributed by atoms with van der Waals surface area (Å²) in [7, 11) is 0. The van der Waals surface area contributed by atoms with Crippen LogP contribution in [0.1, 0.15) is 36.0 Å². The molecule has 0 radical (unpaired) electrons. The Morgan fingerprint density at radius 3 is 2.78 bits per heavy atom. The van der Waals surface area contributed by atoms with Gasteiger partial charge in [0.1, 0.15) is 5.82 Å². The molecule has 96 valence electrons. The molecule has 1 aromatic rings. The first-order valence-electron chi connectivity index (χ1n) is 6.39. The van der Waals surface area contributed by atoms with Gasteiger partial charge in [-0.3, -0.25) is 4.79 Å². The Balaban J connectivity index is 1.71. The number of carbonyl (C=O) groups is 1. The molecule has 0 aliphatic heterocycles. The van der Waals surface area contributed by atoms with E-state index in [1.807, 2.05) is 0 Å². The molecule has 1 N–H and O–H groups in total. The summed E-state index contributed by atoms with van der Waals surface area (Å²) >= 11 is 3.24. The van der Waals surface area contributed by atoms with Gasteiger partial charge in [-0.05, 0) is 65.2 Å². The van der Waals surface area contributed by atoms with E-state index < -0.39 is 0 Å². The Kier molecular flexibility index (Phi) is 3.14. The van der Waals surface area contributed by atoms with Gasteiger partial charge >= 0.3 is 0 Å². The molecular formula is C14H15BrFNO. The van der Waals surface area contributed by atoms with Crippen molar-refractivity contribution in [1.29, 1.82) is 0 Å². The summed E-state index contributed by atoms with van der Waals surface area (Å²) in [5, 5.41) is 3.10. The van der Waals surface area contributed by atoms with Gasteiger partial charge in [0.05, 0.1) is 5.56 Å². The van der Waals surface area contributed by atoms with Crippen LogP contribution in [0.2, 0.25) is 0 Å². The van der Waals surface area contributed by atoms with Crippen LogP contribution in [0.5, 0.6) is 0 Å². The Morgan fingerprint density at radius 2 is 2.17 bits per heavy atom. The lowest BCUT2D eigenvalue weighted by molar-refractivity contribution is 0.0922. The summed E-state index contributed by atoms with van der Waals surface area (Å²) < 4.78 is 13.5. The van der Waals surface area contributed by atoms with E-state index in [1.54, 1.807) is 0 Å². The van der Waals surface area contributed by atoms with Gasteiger partial charge in [0.15, 0.2) is 0 Å². The van der Waals surface area contributed by atoms with Crippen molar-refractivity contribution in [3.05, 3.63) is 34.1 Å². The first kappa shape index (κ1) is 12.2. The molecule has 0 aromatic heterocycles. The van der Waals surface area contributed by atoms with Gasteiger partial charge in [0, 0.05) is 10.5 Å². The summed E-state index contributed by atoms with van der Waals surface area (Å²) in [5.74, 6) is 1.02. The van der Waals surface area contributed by atoms with Crippen LogP contribution in [0.4, 0.5) is 4.39 Å². The number of nitrogens with one attached hydrogen (secondary N) is 1. The zero-order chi connectivity index (χ0) is 12.7. The summed E-state index contributed by atoms with van der Waals surface area (Å²) in [6.45, 7) is 0. The molecule has 2 aliphatic carbocycles. The number of hydrogen-bond donors (Lipinski definition) is 1. The molecule has 3 unspecified atom stereocenters. The quantitative estimate of drug-likeness (QED) is 0.889. The van der Waals surface area contributed by atoms with Crippen molar-refractivity contribution in [2.75, 3.05) is 0 Å². The molecule has 18 heavy (non-hydrogen) atoms. The van der Waals surface area contributed by atoms with Crippen LogP contribution in [0, 0.1) is 17.7 Å². The number of halogens is 2. The minimum atomic E-state index is -0.335. The van der Waals surface area contributed by atoms with Crippen LogP contribution in [0.25, 0.3) is 0 Å². The highest BCUT2D eigenvalue weighted by Gasteiger charge is 2.40. The monoisotopic (exact) mass is 311 g/mol. The largest absolute Gasteiger partial charge is 0.349 e. The first-order chi connectivity index (χ1) is 8.63. The fraction of sp³-hybridized carbons (Fsp3) is 0.500. The third kappa shape index (κ3) is 2.18. The number of rotatable bonds is 2. The highest BCUT2D eigenvalue weighted by Crippen LogP contribution is 2.44. The lowest BCUT2D eigenvalue weighted by Gasteiger charge is -2.23. The molecule has 0 saturated heterocycles. The molecule has 2 saturated carbocycles. The Hall–Kier alpha value is -0.900. The van der Waals surface area contributed by atoms with E-state index in [2.05, 4.69) is 21.2 Å². The fourth-order valence-corrected chi connectivity index (χ4v) is 3.87. The van der Waals surface area contributed by atoms with Crippen molar-refractivity contribution in [2.45, 2.75) is 31.7 Å². The van der Waals surface area contributed by atoms with E-state index in [0.717, 1.165) is 12.3 Å². The standard InChI is InChI=1S/C14H15BrFNO/c15-12-7-10(16)3-4-11(12)14(18)17-13-6-8-1-2-9(13)5-8/h3-4,7-9,13H,1-2,5-6H2,(H,17,18). The van der Waals surface area contributed by atoms with Crippen LogP contribution in [0.15, 0.2) is 22.7 Å². The zero-order valence-electron chi connectivity index (χ0n) is 9.96. The minimum Gasteiger partial charge on any atom is -0.349 e. The van der Waals surface area contributed by atoms with E-state index in [4.69, 9.17) is 0 Å². The Bertz CT molecular complexity index is 491. The maximum absolute atomic E-state index is 13.0. The Morgan fingerprint density at radius 1 is 1.33 bits per heavy atom. The van der Waals surface area contributed by atoms with Crippen LogP contribution in [0.3, 0.4) is 0 Å². The number of hydrogen-bond acceptors (Lipinski definition) is 1. The number of benzene rings is 1. The van der Waals surface area contributed by atoms with Crippen molar-refractivity contribution < 1.29 is 9.18 Å². The average molecular weight is 312 g/mol. The van der Waals surface area contributed by atoms with Gasteiger partial charge in [-0.1, -0.05) is 6.42 Å². The summed E-state index contributed by atoms with van der Waals surface area (Å²) in [6.07, 6.45) is 4.92. The Labute approximate surface area is 114 Å². The molecule has 2 nitrogen and oxygen atoms in total. The molecule has 0 heterocycles. The lowest BCUT2D eigenvalue weighted by Crippen LogP contribution is -2.38. The second-order valence-electron chi connectivity index (χ2n) is 5.38. The van der Waals surface area contributed by atoms with E-state index in [0.29, 0.717) is 22.0 Å². The van der Waals surface area contributed by atoms with Gasteiger partial charge in [-0.2, -0.15) is 0 Å². The van der Waals surface area contributed by atoms with Crippen molar-refractivity contribution in [3.8, 4) is 0 Å². The SMILES string of the molecule is O=C(NC1CC2CCC1C2)c1ccc(F)cc1Br. The van der Waals surface area contributed by atoms with Crippen LogP contribution < -0.4 is 5.32 Å². The van der Waals surface area contributed by atoms with Crippen LogP contribution in [-0.4, -0.2) is 11.9 Å². The van der Waals surface area contributed by atoms with Crippen molar-refractivity contribution in [2.24, 2.45) is 11.8 Å². The fourth-order valence-electron chi connectivity index (χ4n) is 3.34. The molecule has 2 fully saturated rings. The number of fused-ring (bicyclic) bond motifs is 2. The van der Waals surface area contributed by atoms with Crippen LogP contribution in [-0.2, 0) is 0 Å². The minimum absolute atomic E-state index is 0.0978. The highest BCUT2D eigenvalue weighted by atomic mass is 79.9. The van der Waals surface area contributed by atoms with Gasteiger partial charge in [-0.15, -0.1) is 0 Å². The molecule has 2 bridgehead atoms. The molecule has 3 rings (SSSR count). The summed E-state index contributed by atoms with van der Waals surface area (Å²) in [4.78, 5) is 12.1. The van der Waals surface area contributed by atoms with Gasteiger partial charge in [-0.25, -0.2) is 4.39 Å². The van der Waals surface area contributed by atoms with Crippen molar-refractivity contribution in [3.63, 3.8) is 0 Å². The van der Waals surface area contributed by atoms with Crippen molar-refractivity contribution in [1.82, 2.24) is 5.32 Å².